The summed E-state index contributed by atoms with van der Waals surface area (Å²) in [6, 6.07) is 14.2. The summed E-state index contributed by atoms with van der Waals surface area (Å²) in [5, 5.41) is 2.76. The van der Waals surface area contributed by atoms with E-state index in [4.69, 9.17) is 9.47 Å². The molecular weight excluding hydrogens is 318 g/mol. The van der Waals surface area contributed by atoms with Crippen molar-refractivity contribution in [3.8, 4) is 5.75 Å². The standard InChI is InChI=1S/C20H23NO4/c1-4-15-7-5-6-8-18(15)21-19(22)13-24-20(23)16-9-11-17(12-10-16)25-14(2)3/h5-12,14H,4,13H2,1-3H3,(H,21,22). The second-order valence-corrected chi connectivity index (χ2v) is 5.83. The maximum atomic E-state index is 12.0. The van der Waals surface area contributed by atoms with Crippen LogP contribution in [0.15, 0.2) is 48.5 Å². The van der Waals surface area contributed by atoms with E-state index >= 15 is 0 Å². The van der Waals surface area contributed by atoms with Crippen LogP contribution >= 0.6 is 0 Å². The summed E-state index contributed by atoms with van der Waals surface area (Å²) >= 11 is 0. The number of amides is 1. The van der Waals surface area contributed by atoms with Crippen LogP contribution in [0.5, 0.6) is 5.75 Å². The molecule has 0 fully saturated rings. The number of carbonyl (C=O) groups excluding carboxylic acids is 2. The SMILES string of the molecule is CCc1ccccc1NC(=O)COC(=O)c1ccc(OC(C)C)cc1. The highest BCUT2D eigenvalue weighted by atomic mass is 16.5. The van der Waals surface area contributed by atoms with Crippen molar-refractivity contribution < 1.29 is 19.1 Å². The van der Waals surface area contributed by atoms with Crippen molar-refractivity contribution >= 4 is 17.6 Å². The largest absolute Gasteiger partial charge is 0.491 e. The summed E-state index contributed by atoms with van der Waals surface area (Å²) < 4.78 is 10.6. The zero-order chi connectivity index (χ0) is 18.2. The lowest BCUT2D eigenvalue weighted by atomic mass is 10.1. The average Bonchev–Trinajstić information content (AvgIpc) is 2.60. The number of rotatable bonds is 7. The fourth-order valence-corrected chi connectivity index (χ4v) is 2.29. The molecule has 0 saturated heterocycles. The van der Waals surface area contributed by atoms with Crippen LogP contribution < -0.4 is 10.1 Å². The van der Waals surface area contributed by atoms with Gasteiger partial charge in [-0.15, -0.1) is 0 Å². The first-order chi connectivity index (χ1) is 12.0. The molecule has 0 aliphatic carbocycles. The van der Waals surface area contributed by atoms with Gasteiger partial charge >= 0.3 is 5.97 Å². The lowest BCUT2D eigenvalue weighted by molar-refractivity contribution is -0.119. The van der Waals surface area contributed by atoms with Gasteiger partial charge in [0, 0.05) is 5.69 Å². The smallest absolute Gasteiger partial charge is 0.338 e. The first-order valence-corrected chi connectivity index (χ1v) is 8.31. The molecule has 0 heterocycles. The Kier molecular flexibility index (Phi) is 6.57. The third-order valence-corrected chi connectivity index (χ3v) is 3.47. The lowest BCUT2D eigenvalue weighted by Gasteiger charge is -2.11. The predicted octanol–water partition coefficient (Wildman–Crippen LogP) is 3.83. The minimum atomic E-state index is -0.546. The van der Waals surface area contributed by atoms with E-state index in [-0.39, 0.29) is 18.6 Å². The molecule has 132 valence electrons. The average molecular weight is 341 g/mol. The Hall–Kier alpha value is -2.82. The van der Waals surface area contributed by atoms with Crippen molar-refractivity contribution in [3.05, 3.63) is 59.7 Å². The number of carbonyl (C=O) groups is 2. The molecule has 0 unspecified atom stereocenters. The Morgan fingerprint density at radius 2 is 1.72 bits per heavy atom. The molecule has 1 amide bonds. The molecule has 0 radical (unpaired) electrons. The summed E-state index contributed by atoms with van der Waals surface area (Å²) in [7, 11) is 0. The quantitative estimate of drug-likeness (QED) is 0.777. The fourth-order valence-electron chi connectivity index (χ4n) is 2.29. The van der Waals surface area contributed by atoms with Gasteiger partial charge in [0.15, 0.2) is 6.61 Å². The number of nitrogens with one attached hydrogen (secondary N) is 1. The summed E-state index contributed by atoms with van der Waals surface area (Å²) in [5.74, 6) is -0.232. The molecule has 0 atom stereocenters. The van der Waals surface area contributed by atoms with Crippen LogP contribution in [0.4, 0.5) is 5.69 Å². The van der Waals surface area contributed by atoms with E-state index < -0.39 is 5.97 Å². The first kappa shape index (κ1) is 18.5. The van der Waals surface area contributed by atoms with E-state index in [9.17, 15) is 9.59 Å². The van der Waals surface area contributed by atoms with Gasteiger partial charge in [0.2, 0.25) is 0 Å². The molecule has 0 aliphatic rings. The highest BCUT2D eigenvalue weighted by Crippen LogP contribution is 2.16. The van der Waals surface area contributed by atoms with E-state index in [0.717, 1.165) is 17.7 Å². The number of hydrogen-bond acceptors (Lipinski definition) is 4. The molecule has 0 saturated carbocycles. The van der Waals surface area contributed by atoms with E-state index in [1.807, 2.05) is 45.0 Å². The van der Waals surface area contributed by atoms with E-state index in [1.54, 1.807) is 24.3 Å². The van der Waals surface area contributed by atoms with E-state index in [1.165, 1.54) is 0 Å². The van der Waals surface area contributed by atoms with Crippen LogP contribution in [0.2, 0.25) is 0 Å². The minimum absolute atomic E-state index is 0.0625. The second kappa shape index (κ2) is 8.87. The van der Waals surface area contributed by atoms with Crippen molar-refractivity contribution in [1.82, 2.24) is 0 Å². The normalized spacial score (nSPS) is 10.4. The molecule has 1 N–H and O–H groups in total. The monoisotopic (exact) mass is 341 g/mol. The van der Waals surface area contributed by atoms with Gasteiger partial charge in [0.1, 0.15) is 5.75 Å². The van der Waals surface area contributed by atoms with Gasteiger partial charge < -0.3 is 14.8 Å². The molecule has 2 aromatic rings. The predicted molar refractivity (Wildman–Crippen MR) is 96.9 cm³/mol. The van der Waals surface area contributed by atoms with Crippen LogP contribution in [-0.2, 0) is 16.0 Å². The molecule has 5 heteroatoms. The highest BCUT2D eigenvalue weighted by Gasteiger charge is 2.11. The molecule has 0 bridgehead atoms. The molecule has 25 heavy (non-hydrogen) atoms. The van der Waals surface area contributed by atoms with Gasteiger partial charge in [-0.05, 0) is 56.2 Å². The molecule has 2 aromatic carbocycles. The van der Waals surface area contributed by atoms with Gasteiger partial charge in [-0.25, -0.2) is 4.79 Å². The zero-order valence-electron chi connectivity index (χ0n) is 14.7. The number of benzene rings is 2. The van der Waals surface area contributed by atoms with Gasteiger partial charge in [-0.3, -0.25) is 4.79 Å². The van der Waals surface area contributed by atoms with Gasteiger partial charge in [-0.2, -0.15) is 0 Å². The Bertz CT molecular complexity index is 723. The summed E-state index contributed by atoms with van der Waals surface area (Å²) in [5.41, 5.74) is 2.14. The maximum Gasteiger partial charge on any atom is 0.338 e. The Morgan fingerprint density at radius 3 is 2.36 bits per heavy atom. The van der Waals surface area contributed by atoms with Crippen molar-refractivity contribution in [1.29, 1.82) is 0 Å². The molecular formula is C20H23NO4. The maximum absolute atomic E-state index is 12.0. The number of esters is 1. The number of anilines is 1. The summed E-state index contributed by atoms with van der Waals surface area (Å²) in [6.07, 6.45) is 0.869. The highest BCUT2D eigenvalue weighted by molar-refractivity contribution is 5.95. The second-order valence-electron chi connectivity index (χ2n) is 5.83. The van der Waals surface area contributed by atoms with Gasteiger partial charge in [0.25, 0.3) is 5.91 Å². The molecule has 5 nitrogen and oxygen atoms in total. The third-order valence-electron chi connectivity index (χ3n) is 3.47. The van der Waals surface area contributed by atoms with Crippen LogP contribution in [0.3, 0.4) is 0 Å². The summed E-state index contributed by atoms with van der Waals surface area (Å²) in [6.45, 7) is 5.54. The molecule has 2 rings (SSSR count). The number of hydrogen-bond donors (Lipinski definition) is 1. The molecule has 0 spiro atoms. The topological polar surface area (TPSA) is 64.6 Å². The Balaban J connectivity index is 1.87. The van der Waals surface area contributed by atoms with Gasteiger partial charge in [-0.1, -0.05) is 25.1 Å². The number of aryl methyl sites for hydroxylation is 1. The molecule has 0 aliphatic heterocycles. The van der Waals surface area contributed by atoms with Gasteiger partial charge in [0.05, 0.1) is 11.7 Å². The van der Waals surface area contributed by atoms with E-state index in [2.05, 4.69) is 5.32 Å². The Morgan fingerprint density at radius 1 is 1.04 bits per heavy atom. The van der Waals surface area contributed by atoms with Crippen LogP contribution in [-0.4, -0.2) is 24.6 Å². The zero-order valence-corrected chi connectivity index (χ0v) is 14.7. The number of para-hydroxylation sites is 1. The van der Waals surface area contributed by atoms with Crippen molar-refractivity contribution in [3.63, 3.8) is 0 Å². The van der Waals surface area contributed by atoms with Crippen LogP contribution in [0.25, 0.3) is 0 Å². The summed E-state index contributed by atoms with van der Waals surface area (Å²) in [4.78, 5) is 24.0. The number of ether oxygens (including phenoxy) is 2. The molecule has 0 aromatic heterocycles. The minimum Gasteiger partial charge on any atom is -0.491 e. The van der Waals surface area contributed by atoms with Crippen molar-refractivity contribution in [2.24, 2.45) is 0 Å². The van der Waals surface area contributed by atoms with Crippen LogP contribution in [0, 0.1) is 0 Å². The lowest BCUT2D eigenvalue weighted by Crippen LogP contribution is -2.21. The van der Waals surface area contributed by atoms with E-state index in [0.29, 0.717) is 11.3 Å². The van der Waals surface area contributed by atoms with Crippen LogP contribution in [0.1, 0.15) is 36.7 Å². The Labute approximate surface area is 148 Å². The first-order valence-electron chi connectivity index (χ1n) is 8.31. The fraction of sp³-hybridized carbons (Fsp3) is 0.300. The van der Waals surface area contributed by atoms with Crippen molar-refractivity contribution in [2.45, 2.75) is 33.3 Å². The third kappa shape index (κ3) is 5.64. The van der Waals surface area contributed by atoms with Crippen molar-refractivity contribution in [2.75, 3.05) is 11.9 Å².